The molecular formula is C32H27FN4O6. The van der Waals surface area contributed by atoms with Crippen LogP contribution >= 0.6 is 0 Å². The molecule has 0 saturated heterocycles. The second kappa shape index (κ2) is 12.9. The molecule has 5 rings (SSSR count). The Labute approximate surface area is 246 Å². The highest BCUT2D eigenvalue weighted by molar-refractivity contribution is 5.92. The molecule has 218 valence electrons. The lowest BCUT2D eigenvalue weighted by atomic mass is 10.2. The molecule has 0 bridgehead atoms. The zero-order valence-corrected chi connectivity index (χ0v) is 23.3. The molecule has 0 atom stereocenters. The van der Waals surface area contributed by atoms with Gasteiger partial charge in [-0.2, -0.15) is 5.10 Å². The number of halogens is 1. The lowest BCUT2D eigenvalue weighted by Gasteiger charge is -2.10. The van der Waals surface area contributed by atoms with Gasteiger partial charge < -0.3 is 18.5 Å². The number of hydrazone groups is 1. The number of ether oxygens (including phenoxy) is 2. The maximum absolute atomic E-state index is 13.4. The Morgan fingerprint density at radius 1 is 0.977 bits per heavy atom. The molecule has 0 aliphatic heterocycles. The minimum atomic E-state index is -0.603. The third kappa shape index (κ3) is 7.14. The minimum Gasteiger partial charge on any atom is -0.486 e. The first-order chi connectivity index (χ1) is 20.8. The molecule has 0 unspecified atom stereocenters. The summed E-state index contributed by atoms with van der Waals surface area (Å²) in [6.07, 6.45) is 1.26. The predicted octanol–water partition coefficient (Wildman–Crippen LogP) is 6.66. The molecule has 43 heavy (non-hydrogen) atoms. The summed E-state index contributed by atoms with van der Waals surface area (Å²) >= 11 is 0. The Balaban J connectivity index is 1.14. The molecule has 0 aliphatic carbocycles. The van der Waals surface area contributed by atoms with E-state index in [0.29, 0.717) is 22.6 Å². The number of hydrogen-bond donors (Lipinski definition) is 1. The number of nitro benzene ring substituents is 1. The van der Waals surface area contributed by atoms with E-state index in [2.05, 4.69) is 27.2 Å². The van der Waals surface area contributed by atoms with Gasteiger partial charge in [0.05, 0.1) is 11.1 Å². The highest BCUT2D eigenvalue weighted by Gasteiger charge is 2.16. The molecule has 0 saturated carbocycles. The van der Waals surface area contributed by atoms with E-state index in [0.717, 1.165) is 17.1 Å². The van der Waals surface area contributed by atoms with Gasteiger partial charge >= 0.3 is 11.6 Å². The first kappa shape index (κ1) is 28.8. The molecule has 0 spiro atoms. The minimum absolute atomic E-state index is 0.0165. The van der Waals surface area contributed by atoms with Gasteiger partial charge in [-0.05, 0) is 92.2 Å². The number of hydrogen-bond acceptors (Lipinski definition) is 7. The Morgan fingerprint density at radius 2 is 1.74 bits per heavy atom. The van der Waals surface area contributed by atoms with E-state index in [1.54, 1.807) is 18.2 Å². The first-order valence-corrected chi connectivity index (χ1v) is 13.2. The van der Waals surface area contributed by atoms with Crippen molar-refractivity contribution < 1.29 is 28.0 Å². The number of nitro groups is 1. The van der Waals surface area contributed by atoms with Crippen LogP contribution in [0.1, 0.15) is 38.8 Å². The van der Waals surface area contributed by atoms with E-state index in [-0.39, 0.29) is 30.4 Å². The fourth-order valence-electron chi connectivity index (χ4n) is 4.39. The smallest absolute Gasteiger partial charge is 0.311 e. The molecule has 1 N–H and O–H groups in total. The van der Waals surface area contributed by atoms with Gasteiger partial charge in [0, 0.05) is 28.7 Å². The molecule has 0 fully saturated rings. The average Bonchev–Trinajstić information content (AvgIpc) is 3.61. The number of benzene rings is 3. The number of carbonyl (C=O) groups is 1. The summed E-state index contributed by atoms with van der Waals surface area (Å²) in [5.41, 5.74) is 6.23. The van der Waals surface area contributed by atoms with Gasteiger partial charge in [-0.3, -0.25) is 14.9 Å². The largest absolute Gasteiger partial charge is 0.486 e. The van der Waals surface area contributed by atoms with Crippen LogP contribution in [0.4, 0.5) is 10.1 Å². The molecule has 10 nitrogen and oxygen atoms in total. The van der Waals surface area contributed by atoms with Crippen molar-refractivity contribution in [1.29, 1.82) is 0 Å². The number of furan rings is 1. The maximum Gasteiger partial charge on any atom is 0.311 e. The van der Waals surface area contributed by atoms with Crippen LogP contribution < -0.4 is 14.9 Å². The highest BCUT2D eigenvalue weighted by Crippen LogP contribution is 2.28. The molecule has 5 aromatic rings. The van der Waals surface area contributed by atoms with Crippen LogP contribution in [-0.4, -0.2) is 21.6 Å². The first-order valence-electron chi connectivity index (χ1n) is 13.2. The van der Waals surface area contributed by atoms with Crippen molar-refractivity contribution in [3.63, 3.8) is 0 Å². The second-order valence-electron chi connectivity index (χ2n) is 9.60. The Kier molecular flexibility index (Phi) is 8.61. The molecule has 11 heteroatoms. The van der Waals surface area contributed by atoms with Gasteiger partial charge in [-0.25, -0.2) is 9.82 Å². The Hall–Kier alpha value is -5.71. The van der Waals surface area contributed by atoms with Gasteiger partial charge in [-0.15, -0.1) is 0 Å². The quantitative estimate of drug-likeness (QED) is 0.106. The third-order valence-electron chi connectivity index (χ3n) is 6.48. The number of nitrogens with one attached hydrogen (secondary N) is 1. The highest BCUT2D eigenvalue weighted by atomic mass is 19.1. The van der Waals surface area contributed by atoms with E-state index in [1.807, 2.05) is 38.1 Å². The van der Waals surface area contributed by atoms with E-state index >= 15 is 0 Å². The lowest BCUT2D eigenvalue weighted by Crippen LogP contribution is -2.16. The standard InChI is InChI=1S/C32H27FN4O6/c1-21-6-7-22(2)36(21)26-9-11-27(12-10-26)41-20-28-13-15-31(43-28)32(38)35-34-18-23-8-14-30(29(17-23)37(39)40)42-19-24-4-3-5-25(33)16-24/h3-18H,19-20H2,1-2H3,(H,35,38)/b34-18+. The number of carbonyl (C=O) groups excluding carboxylic acids is 1. The predicted molar refractivity (Wildman–Crippen MR) is 157 cm³/mol. The van der Waals surface area contributed by atoms with E-state index in [1.165, 1.54) is 42.6 Å². The van der Waals surface area contributed by atoms with Gasteiger partial charge in [0.25, 0.3) is 0 Å². The number of rotatable bonds is 11. The summed E-state index contributed by atoms with van der Waals surface area (Å²) in [5.74, 6) is 0.106. The van der Waals surface area contributed by atoms with Crippen molar-refractivity contribution >= 4 is 17.8 Å². The number of aryl methyl sites for hydroxylation is 2. The van der Waals surface area contributed by atoms with Crippen molar-refractivity contribution in [3.05, 3.63) is 141 Å². The maximum atomic E-state index is 13.4. The molecule has 2 aromatic heterocycles. The molecule has 0 aliphatic rings. The van der Waals surface area contributed by atoms with Crippen molar-refractivity contribution in [2.75, 3.05) is 0 Å². The topological polar surface area (TPSA) is 121 Å². The summed E-state index contributed by atoms with van der Waals surface area (Å²) in [5, 5.41) is 15.4. The SMILES string of the molecule is Cc1ccc(C)n1-c1ccc(OCc2ccc(C(=O)N/N=C/c3ccc(OCc4cccc(F)c4)c([N+](=O)[O-])c3)o2)cc1. The zero-order chi connectivity index (χ0) is 30.3. The monoisotopic (exact) mass is 582 g/mol. The molecule has 3 aromatic carbocycles. The fourth-order valence-corrected chi connectivity index (χ4v) is 4.39. The van der Waals surface area contributed by atoms with Crippen LogP contribution in [0.15, 0.2) is 101 Å². The zero-order valence-electron chi connectivity index (χ0n) is 23.3. The Bertz CT molecular complexity index is 1770. The average molecular weight is 583 g/mol. The molecule has 2 heterocycles. The molecule has 0 radical (unpaired) electrons. The summed E-state index contributed by atoms with van der Waals surface area (Å²) in [6.45, 7) is 4.17. The van der Waals surface area contributed by atoms with E-state index < -0.39 is 16.6 Å². The van der Waals surface area contributed by atoms with Crippen molar-refractivity contribution in [1.82, 2.24) is 9.99 Å². The van der Waals surface area contributed by atoms with Gasteiger partial charge in [0.15, 0.2) is 11.5 Å². The van der Waals surface area contributed by atoms with Crippen molar-refractivity contribution in [2.24, 2.45) is 5.10 Å². The van der Waals surface area contributed by atoms with E-state index in [9.17, 15) is 19.3 Å². The Morgan fingerprint density at radius 3 is 2.47 bits per heavy atom. The van der Waals surface area contributed by atoms with Crippen LogP contribution in [0.25, 0.3) is 5.69 Å². The summed E-state index contributed by atoms with van der Waals surface area (Å²) in [4.78, 5) is 23.5. The van der Waals surface area contributed by atoms with E-state index in [4.69, 9.17) is 13.9 Å². The number of amides is 1. The summed E-state index contributed by atoms with van der Waals surface area (Å²) in [7, 11) is 0. The van der Waals surface area contributed by atoms with Crippen molar-refractivity contribution in [3.8, 4) is 17.2 Å². The van der Waals surface area contributed by atoms with Gasteiger partial charge in [-0.1, -0.05) is 12.1 Å². The lowest BCUT2D eigenvalue weighted by molar-refractivity contribution is -0.385. The second-order valence-corrected chi connectivity index (χ2v) is 9.60. The van der Waals surface area contributed by atoms with Crippen LogP contribution in [-0.2, 0) is 13.2 Å². The summed E-state index contributed by atoms with van der Waals surface area (Å²) < 4.78 is 32.4. The van der Waals surface area contributed by atoms with Crippen molar-refractivity contribution in [2.45, 2.75) is 27.1 Å². The normalized spacial score (nSPS) is 11.0. The fraction of sp³-hybridized carbons (Fsp3) is 0.125. The van der Waals surface area contributed by atoms with Gasteiger partial charge in [0.2, 0.25) is 0 Å². The number of aromatic nitrogens is 1. The molecule has 1 amide bonds. The molecular weight excluding hydrogens is 555 g/mol. The number of nitrogens with zero attached hydrogens (tertiary/aromatic N) is 3. The summed E-state index contributed by atoms with van der Waals surface area (Å²) in [6, 6.07) is 24.9. The van der Waals surface area contributed by atoms with Crippen LogP contribution in [0.2, 0.25) is 0 Å². The van der Waals surface area contributed by atoms with Crippen LogP contribution in [0.3, 0.4) is 0 Å². The van der Waals surface area contributed by atoms with Crippen LogP contribution in [0, 0.1) is 29.8 Å². The van der Waals surface area contributed by atoms with Gasteiger partial charge in [0.1, 0.15) is 30.5 Å². The third-order valence-corrected chi connectivity index (χ3v) is 6.48. The van der Waals surface area contributed by atoms with Crippen LogP contribution in [0.5, 0.6) is 11.5 Å².